The molecular formula is C19H19BrN2O4S. The molecule has 6 nitrogen and oxygen atoms in total. The SMILES string of the molecule is O=C(C[C@]1(O)C(=O)N(CN2CCOCC2)c2ccccc21)c1ccc(Br)s1. The first-order chi connectivity index (χ1) is 13.0. The minimum absolute atomic E-state index is 0.246. The molecule has 0 radical (unpaired) electrons. The van der Waals surface area contributed by atoms with Crippen LogP contribution in [0.4, 0.5) is 5.69 Å². The summed E-state index contributed by atoms with van der Waals surface area (Å²) >= 11 is 4.64. The summed E-state index contributed by atoms with van der Waals surface area (Å²) in [6.45, 7) is 3.08. The number of benzene rings is 1. The number of thiophene rings is 1. The van der Waals surface area contributed by atoms with Crippen LogP contribution in [-0.4, -0.2) is 54.7 Å². The van der Waals surface area contributed by atoms with Gasteiger partial charge in [-0.25, -0.2) is 0 Å². The number of para-hydroxylation sites is 1. The summed E-state index contributed by atoms with van der Waals surface area (Å²) < 4.78 is 6.20. The summed E-state index contributed by atoms with van der Waals surface area (Å²) in [5.74, 6) is -0.691. The molecule has 1 aromatic heterocycles. The third kappa shape index (κ3) is 3.48. The van der Waals surface area contributed by atoms with Crippen LogP contribution >= 0.6 is 27.3 Å². The minimum atomic E-state index is -1.84. The van der Waals surface area contributed by atoms with Crippen LogP contribution in [0.5, 0.6) is 0 Å². The molecule has 1 aromatic carbocycles. The van der Waals surface area contributed by atoms with Crippen LogP contribution in [0.2, 0.25) is 0 Å². The van der Waals surface area contributed by atoms with Crippen LogP contribution in [0.15, 0.2) is 40.2 Å². The number of anilines is 1. The van der Waals surface area contributed by atoms with Crippen LogP contribution in [-0.2, 0) is 15.1 Å². The van der Waals surface area contributed by atoms with E-state index in [2.05, 4.69) is 20.8 Å². The van der Waals surface area contributed by atoms with Gasteiger partial charge in [0.15, 0.2) is 11.4 Å². The Morgan fingerprint density at radius 3 is 2.67 bits per heavy atom. The summed E-state index contributed by atoms with van der Waals surface area (Å²) in [5.41, 5.74) is -0.681. The van der Waals surface area contributed by atoms with Gasteiger partial charge >= 0.3 is 0 Å². The second-order valence-electron chi connectivity index (χ2n) is 6.69. The third-order valence-electron chi connectivity index (χ3n) is 4.95. The second kappa shape index (κ2) is 7.44. The molecule has 2 aliphatic heterocycles. The quantitative estimate of drug-likeness (QED) is 0.708. The molecule has 2 aliphatic rings. The summed E-state index contributed by atoms with van der Waals surface area (Å²) in [7, 11) is 0. The number of carbonyl (C=O) groups is 2. The van der Waals surface area contributed by atoms with E-state index in [1.54, 1.807) is 29.2 Å². The zero-order chi connectivity index (χ0) is 19.0. The predicted octanol–water partition coefficient (Wildman–Crippen LogP) is 2.61. The van der Waals surface area contributed by atoms with Crippen molar-refractivity contribution < 1.29 is 19.4 Å². The molecule has 3 heterocycles. The molecule has 8 heteroatoms. The zero-order valence-electron chi connectivity index (χ0n) is 14.6. The van der Waals surface area contributed by atoms with E-state index in [1.165, 1.54) is 11.3 Å². The van der Waals surface area contributed by atoms with Gasteiger partial charge in [0.2, 0.25) is 0 Å². The summed E-state index contributed by atoms with van der Waals surface area (Å²) in [6.07, 6.45) is -0.268. The molecule has 142 valence electrons. The molecular weight excluding hydrogens is 432 g/mol. The van der Waals surface area contributed by atoms with E-state index in [1.807, 2.05) is 12.1 Å². The molecule has 0 aliphatic carbocycles. The Balaban J connectivity index is 1.62. The highest BCUT2D eigenvalue weighted by Gasteiger charge is 2.51. The Hall–Kier alpha value is -1.58. The van der Waals surface area contributed by atoms with Gasteiger partial charge in [-0.3, -0.25) is 19.4 Å². The maximum atomic E-state index is 13.2. The van der Waals surface area contributed by atoms with Crippen LogP contribution in [0.1, 0.15) is 21.7 Å². The number of halogens is 1. The van der Waals surface area contributed by atoms with Crippen molar-refractivity contribution in [3.05, 3.63) is 50.6 Å². The van der Waals surface area contributed by atoms with Crippen LogP contribution in [0.3, 0.4) is 0 Å². The Bertz CT molecular complexity index is 880. The lowest BCUT2D eigenvalue weighted by Gasteiger charge is -2.31. The number of nitrogens with zero attached hydrogens (tertiary/aromatic N) is 2. The smallest absolute Gasteiger partial charge is 0.265 e. The van der Waals surface area contributed by atoms with E-state index in [-0.39, 0.29) is 12.2 Å². The lowest BCUT2D eigenvalue weighted by Crippen LogP contribution is -2.49. The number of ketones is 1. The third-order valence-corrected chi connectivity index (χ3v) is 6.61. The number of amides is 1. The van der Waals surface area contributed by atoms with Crippen molar-refractivity contribution in [1.82, 2.24) is 4.90 Å². The number of aliphatic hydroxyl groups is 1. The fourth-order valence-corrected chi connectivity index (χ4v) is 4.87. The number of Topliss-reactive ketones (excluding diaryl/α,β-unsaturated/α-hetero) is 1. The van der Waals surface area contributed by atoms with Crippen molar-refractivity contribution in [2.75, 3.05) is 37.9 Å². The van der Waals surface area contributed by atoms with Crippen molar-refractivity contribution in [1.29, 1.82) is 0 Å². The average molecular weight is 451 g/mol. The largest absolute Gasteiger partial charge is 0.379 e. The topological polar surface area (TPSA) is 70.1 Å². The normalized spacial score (nSPS) is 22.9. The minimum Gasteiger partial charge on any atom is -0.379 e. The van der Waals surface area contributed by atoms with Gasteiger partial charge in [-0.1, -0.05) is 18.2 Å². The van der Waals surface area contributed by atoms with E-state index in [0.717, 1.165) is 16.9 Å². The highest BCUT2D eigenvalue weighted by molar-refractivity contribution is 9.11. The zero-order valence-corrected chi connectivity index (χ0v) is 17.0. The number of rotatable bonds is 5. The van der Waals surface area contributed by atoms with Crippen LogP contribution in [0, 0.1) is 0 Å². The average Bonchev–Trinajstić information content (AvgIpc) is 3.20. The molecule has 1 fully saturated rings. The van der Waals surface area contributed by atoms with Crippen molar-refractivity contribution in [3.63, 3.8) is 0 Å². The fraction of sp³-hybridized carbons (Fsp3) is 0.368. The van der Waals surface area contributed by atoms with Gasteiger partial charge in [0.05, 0.1) is 40.7 Å². The van der Waals surface area contributed by atoms with Crippen LogP contribution in [0.25, 0.3) is 0 Å². The Morgan fingerprint density at radius 2 is 1.96 bits per heavy atom. The highest BCUT2D eigenvalue weighted by Crippen LogP contribution is 2.43. The van der Waals surface area contributed by atoms with Crippen molar-refractivity contribution in [2.24, 2.45) is 0 Å². The van der Waals surface area contributed by atoms with Gasteiger partial charge in [0.25, 0.3) is 5.91 Å². The fourth-order valence-electron chi connectivity index (χ4n) is 3.54. The number of carbonyl (C=O) groups excluding carboxylic acids is 2. The van der Waals surface area contributed by atoms with E-state index >= 15 is 0 Å². The van der Waals surface area contributed by atoms with E-state index in [9.17, 15) is 14.7 Å². The van der Waals surface area contributed by atoms with Gasteiger partial charge in [-0.05, 0) is 34.1 Å². The molecule has 0 unspecified atom stereocenters. The molecule has 1 amide bonds. The number of hydrogen-bond donors (Lipinski definition) is 1. The monoisotopic (exact) mass is 450 g/mol. The lowest BCUT2D eigenvalue weighted by molar-refractivity contribution is -0.136. The number of fused-ring (bicyclic) bond motifs is 1. The van der Waals surface area contributed by atoms with Crippen molar-refractivity contribution >= 4 is 44.6 Å². The lowest BCUT2D eigenvalue weighted by atomic mass is 9.89. The standard InChI is InChI=1S/C19H19BrN2O4S/c20-17-6-5-16(27-17)15(23)11-19(25)13-3-1-2-4-14(13)22(18(19)24)12-21-7-9-26-10-8-21/h1-6,25H,7-12H2/t19-/m1/s1. The molecule has 2 aromatic rings. The second-order valence-corrected chi connectivity index (χ2v) is 9.15. The first-order valence-corrected chi connectivity index (χ1v) is 10.3. The van der Waals surface area contributed by atoms with Gasteiger partial charge in [0.1, 0.15) is 0 Å². The van der Waals surface area contributed by atoms with Gasteiger partial charge in [-0.2, -0.15) is 0 Å². The first kappa shape index (κ1) is 18.8. The molecule has 4 rings (SSSR count). The van der Waals surface area contributed by atoms with Gasteiger partial charge in [0, 0.05) is 18.7 Å². The van der Waals surface area contributed by atoms with Gasteiger partial charge < -0.3 is 9.84 Å². The first-order valence-electron chi connectivity index (χ1n) is 8.71. The maximum absolute atomic E-state index is 13.2. The molecule has 27 heavy (non-hydrogen) atoms. The Morgan fingerprint density at radius 1 is 1.22 bits per heavy atom. The predicted molar refractivity (Wildman–Crippen MR) is 106 cm³/mol. The van der Waals surface area contributed by atoms with Crippen molar-refractivity contribution in [3.8, 4) is 0 Å². The molecule has 1 N–H and O–H groups in total. The summed E-state index contributed by atoms with van der Waals surface area (Å²) in [4.78, 5) is 30.1. The highest BCUT2D eigenvalue weighted by atomic mass is 79.9. The number of ether oxygens (including phenoxy) is 1. The van der Waals surface area contributed by atoms with E-state index < -0.39 is 11.5 Å². The van der Waals surface area contributed by atoms with Crippen LogP contribution < -0.4 is 4.90 Å². The Labute approximate surface area is 169 Å². The molecule has 0 bridgehead atoms. The molecule has 0 spiro atoms. The maximum Gasteiger partial charge on any atom is 0.265 e. The Kier molecular flexibility index (Phi) is 5.17. The summed E-state index contributed by atoms with van der Waals surface area (Å²) in [6, 6.07) is 10.7. The van der Waals surface area contributed by atoms with Crippen molar-refractivity contribution in [2.45, 2.75) is 12.0 Å². The summed E-state index contributed by atoms with van der Waals surface area (Å²) in [5, 5.41) is 11.3. The van der Waals surface area contributed by atoms with Gasteiger partial charge in [-0.15, -0.1) is 11.3 Å². The molecule has 0 saturated carbocycles. The molecule has 1 atom stereocenters. The number of hydrogen-bond acceptors (Lipinski definition) is 6. The van der Waals surface area contributed by atoms with E-state index in [0.29, 0.717) is 36.0 Å². The number of morpholine rings is 1. The van der Waals surface area contributed by atoms with E-state index in [4.69, 9.17) is 4.74 Å². The molecule has 1 saturated heterocycles.